The van der Waals surface area contributed by atoms with E-state index in [0.717, 1.165) is 0 Å². The maximum atomic E-state index is 15.1. The number of nitrogens with one attached hydrogen (secondary N) is 12. The molecule has 2 aliphatic rings. The number of likely N-dealkylation sites (N-methyl/N-ethyl adjacent to an activating group) is 1. The molecule has 2 aliphatic heterocycles. The third kappa shape index (κ3) is 18.9. The van der Waals surface area contributed by atoms with Gasteiger partial charge < -0.3 is 89.4 Å². The molecule has 0 unspecified atom stereocenters. The van der Waals surface area contributed by atoms with Gasteiger partial charge in [-0.1, -0.05) is 62.4 Å². The first-order valence-electron chi connectivity index (χ1n) is 31.2. The van der Waals surface area contributed by atoms with Gasteiger partial charge in [-0.05, 0) is 92.3 Å². The molecule has 0 aliphatic carbocycles. The summed E-state index contributed by atoms with van der Waals surface area (Å²) in [4.78, 5) is 160. The molecular weight excluding hydrogens is 1200 g/mol. The maximum absolute atomic E-state index is 15.1. The minimum Gasteiger partial charge on any atom is -0.508 e. The van der Waals surface area contributed by atoms with Gasteiger partial charge in [0.15, 0.2) is 5.96 Å². The number of likely N-dealkylation sites (tertiary alicyclic amines) is 1. The van der Waals surface area contributed by atoms with Crippen molar-refractivity contribution < 1.29 is 58.2 Å². The summed E-state index contributed by atoms with van der Waals surface area (Å²) in [5.41, 5.74) is 14.6. The Labute approximate surface area is 536 Å². The number of hydrogen-bond donors (Lipinski definition) is 16. The van der Waals surface area contributed by atoms with E-state index in [1.165, 1.54) is 41.7 Å². The quantitative estimate of drug-likeness (QED) is 0.0140. The molecule has 0 bridgehead atoms. The van der Waals surface area contributed by atoms with Crippen LogP contribution in [0.3, 0.4) is 0 Å². The normalized spacial score (nSPS) is 16.8. The molecule has 6 aromatic rings. The van der Waals surface area contributed by atoms with Crippen molar-refractivity contribution in [3.05, 3.63) is 120 Å². The molecule has 0 saturated carbocycles. The first-order chi connectivity index (χ1) is 44.7. The van der Waals surface area contributed by atoms with Crippen molar-refractivity contribution in [2.24, 2.45) is 22.4 Å². The number of fused-ring (bicyclic) bond motifs is 2. The Balaban J connectivity index is 1.05. The summed E-state index contributed by atoms with van der Waals surface area (Å²) in [5, 5.41) is 47.0. The number of H-pyrrole nitrogens is 3. The van der Waals surface area contributed by atoms with Crippen LogP contribution in [0.5, 0.6) is 5.75 Å². The number of guanidine groups is 1. The molecule has 9 atom stereocenters. The standard InChI is InChI=1S/C64H83N17O12/c1-4-68-62(92)53-16-10-24-81(53)63(93)46(15-9-23-69-64(65)66)74-56(86)47(25-35(2)3)75-58(88)49(27-37-30-70-43-13-7-5-11-41(37)43)77-57(87)48(26-36-17-19-40(83)20-18-36)76-61(91)52(33-82)80-59(89)50(28-38-31-71-44-14-8-6-12-42(38)44)78-60(90)51(29-39-32-67-34-72-39)79-55(85)45-21-22-54(84)73-45/h5-8,11-14,17-20,30-32,34-35,45-53,70-71,82-83H,4,9-10,15-16,21-29,33H2,1-3H3,(H,67,72)(H,68,92)(H,73,84)(H,74,86)(H,75,88)(H,76,91)(H,77,87)(H,78,90)(H,79,85)(H,80,89)(H4,65,66,69)/t45-,46-,47-,48+,49+,50-,51-,52-,53-/m0/s1. The number of aromatic hydroxyl groups is 1. The topological polar surface area (TPSA) is 447 Å². The second-order valence-electron chi connectivity index (χ2n) is 23.7. The Kier molecular flexibility index (Phi) is 24.1. The third-order valence-corrected chi connectivity index (χ3v) is 16.3. The lowest BCUT2D eigenvalue weighted by Crippen LogP contribution is -2.61. The molecular formula is C64H83N17O12. The van der Waals surface area contributed by atoms with E-state index in [2.05, 4.69) is 72.8 Å². The molecule has 8 rings (SSSR count). The number of nitrogens with two attached hydrogens (primary N) is 2. The van der Waals surface area contributed by atoms with Crippen LogP contribution < -0.4 is 59.3 Å². The van der Waals surface area contributed by atoms with E-state index in [0.29, 0.717) is 63.6 Å². The fourth-order valence-corrected chi connectivity index (χ4v) is 11.5. The second-order valence-corrected chi connectivity index (χ2v) is 23.7. The summed E-state index contributed by atoms with van der Waals surface area (Å²) in [6, 6.07) is 8.42. The maximum Gasteiger partial charge on any atom is 0.245 e. The average Bonchev–Trinajstić information content (AvgIpc) is 1.82. The first kappa shape index (κ1) is 68.6. The lowest BCUT2D eigenvalue weighted by Gasteiger charge is -2.30. The fourth-order valence-electron chi connectivity index (χ4n) is 11.5. The number of aromatic nitrogens is 4. The highest BCUT2D eigenvalue weighted by Crippen LogP contribution is 2.24. The largest absolute Gasteiger partial charge is 0.508 e. The van der Waals surface area contributed by atoms with Gasteiger partial charge in [-0.3, -0.25) is 52.9 Å². The minimum absolute atomic E-state index is 0.0647. The molecule has 3 aromatic heterocycles. The minimum atomic E-state index is -1.78. The smallest absolute Gasteiger partial charge is 0.245 e. The average molecular weight is 1280 g/mol. The van der Waals surface area contributed by atoms with Gasteiger partial charge in [-0.15, -0.1) is 0 Å². The molecule has 5 heterocycles. The highest BCUT2D eigenvalue weighted by molar-refractivity contribution is 6.00. The third-order valence-electron chi connectivity index (χ3n) is 16.3. The van der Waals surface area contributed by atoms with Crippen molar-refractivity contribution in [2.45, 2.75) is 146 Å². The van der Waals surface area contributed by atoms with Crippen LogP contribution in [0.15, 0.2) is 103 Å². The van der Waals surface area contributed by atoms with Crippen LogP contribution in [0.25, 0.3) is 21.8 Å². The van der Waals surface area contributed by atoms with Crippen LogP contribution in [-0.4, -0.2) is 181 Å². The summed E-state index contributed by atoms with van der Waals surface area (Å²) in [7, 11) is 0. The van der Waals surface area contributed by atoms with E-state index in [-0.39, 0.29) is 100 Å². The van der Waals surface area contributed by atoms with Crippen LogP contribution in [0.1, 0.15) is 88.1 Å². The second kappa shape index (κ2) is 32.6. The van der Waals surface area contributed by atoms with Gasteiger partial charge in [0.2, 0.25) is 59.1 Å². The van der Waals surface area contributed by atoms with Crippen molar-refractivity contribution in [3.8, 4) is 5.75 Å². The highest BCUT2D eigenvalue weighted by atomic mass is 16.3. The molecule has 29 heteroatoms. The predicted molar refractivity (Wildman–Crippen MR) is 343 cm³/mol. The summed E-state index contributed by atoms with van der Waals surface area (Å²) in [6.07, 6.45) is 7.10. The Morgan fingerprint density at radius 1 is 0.656 bits per heavy atom. The number of benzene rings is 3. The van der Waals surface area contributed by atoms with Crippen molar-refractivity contribution in [2.75, 3.05) is 26.2 Å². The molecule has 2 saturated heterocycles. The number of carbonyl (C=O) groups excluding carboxylic acids is 10. The summed E-state index contributed by atoms with van der Waals surface area (Å²) < 4.78 is 0. The number of aliphatic imine (C=N–C) groups is 1. The lowest BCUT2D eigenvalue weighted by atomic mass is 9.99. The van der Waals surface area contributed by atoms with E-state index in [1.807, 2.05) is 38.1 Å². The van der Waals surface area contributed by atoms with E-state index in [4.69, 9.17) is 11.5 Å². The van der Waals surface area contributed by atoms with Crippen molar-refractivity contribution >= 4 is 86.8 Å². The monoisotopic (exact) mass is 1280 g/mol. The molecule has 29 nitrogen and oxygen atoms in total. The summed E-state index contributed by atoms with van der Waals surface area (Å²) in [5.74, 6) is -7.58. The van der Waals surface area contributed by atoms with Crippen LogP contribution in [0, 0.1) is 5.92 Å². The number of aliphatic hydroxyl groups is 1. The molecule has 496 valence electrons. The number of rotatable bonds is 32. The Morgan fingerprint density at radius 3 is 1.73 bits per heavy atom. The van der Waals surface area contributed by atoms with Crippen LogP contribution >= 0.6 is 0 Å². The van der Waals surface area contributed by atoms with Gasteiger partial charge in [-0.2, -0.15) is 0 Å². The van der Waals surface area contributed by atoms with E-state index >= 15 is 9.59 Å². The number of amides is 10. The lowest BCUT2D eigenvalue weighted by molar-refractivity contribution is -0.142. The number of hydrogen-bond acceptors (Lipinski definition) is 14. The zero-order chi connectivity index (χ0) is 66.7. The Bertz CT molecular complexity index is 3640. The zero-order valence-electron chi connectivity index (χ0n) is 52.1. The number of imidazole rings is 1. The Hall–Kier alpha value is -10.3. The SMILES string of the molecule is CCNC(=O)[C@@H]1CCCN1C(=O)[C@H](CCCN=C(N)N)NC(=O)[C@H](CC(C)C)NC(=O)[C@@H](Cc1c[nH]c2ccccc12)NC(=O)[C@@H](Cc1ccc(O)cc1)NC(=O)[C@H](CO)NC(=O)[C@H](Cc1c[nH]c2ccccc12)NC(=O)[C@H](Cc1cnc[nH]1)NC(=O)[C@@H]1CCC(=O)N1. The van der Waals surface area contributed by atoms with Gasteiger partial charge in [0.25, 0.3) is 0 Å². The predicted octanol–water partition coefficient (Wildman–Crippen LogP) is -0.760. The van der Waals surface area contributed by atoms with E-state index < -0.39 is 108 Å². The highest BCUT2D eigenvalue weighted by Gasteiger charge is 2.40. The number of aromatic amines is 3. The van der Waals surface area contributed by atoms with Crippen molar-refractivity contribution in [1.29, 1.82) is 0 Å². The molecule has 3 aromatic carbocycles. The first-order valence-corrected chi connectivity index (χ1v) is 31.2. The van der Waals surface area contributed by atoms with E-state index in [9.17, 15) is 48.6 Å². The van der Waals surface area contributed by atoms with E-state index in [1.54, 1.807) is 43.6 Å². The van der Waals surface area contributed by atoms with Gasteiger partial charge in [0.1, 0.15) is 60.1 Å². The van der Waals surface area contributed by atoms with Crippen molar-refractivity contribution in [1.82, 2.24) is 72.7 Å². The molecule has 10 amide bonds. The van der Waals surface area contributed by atoms with Crippen LogP contribution in [0.4, 0.5) is 0 Å². The number of para-hydroxylation sites is 2. The molecule has 2 fully saturated rings. The van der Waals surface area contributed by atoms with Gasteiger partial charge in [0, 0.05) is 97.8 Å². The Morgan fingerprint density at radius 2 is 1.19 bits per heavy atom. The van der Waals surface area contributed by atoms with Crippen LogP contribution in [0.2, 0.25) is 0 Å². The van der Waals surface area contributed by atoms with Crippen LogP contribution in [-0.2, 0) is 73.6 Å². The van der Waals surface area contributed by atoms with Gasteiger partial charge in [-0.25, -0.2) is 4.98 Å². The van der Waals surface area contributed by atoms with Crippen molar-refractivity contribution in [3.63, 3.8) is 0 Å². The fraction of sp³-hybridized carbons (Fsp3) is 0.438. The number of aliphatic hydroxyl groups excluding tert-OH is 1. The number of phenolic OH excluding ortho intramolecular Hbond substituents is 1. The molecule has 0 spiro atoms. The van der Waals surface area contributed by atoms with Gasteiger partial charge in [0.05, 0.1) is 12.9 Å². The molecule has 0 radical (unpaired) electrons. The summed E-state index contributed by atoms with van der Waals surface area (Å²) >= 11 is 0. The van der Waals surface area contributed by atoms with Gasteiger partial charge >= 0.3 is 0 Å². The molecule has 93 heavy (non-hydrogen) atoms. The summed E-state index contributed by atoms with van der Waals surface area (Å²) in [6.45, 7) is 5.14. The zero-order valence-corrected chi connectivity index (χ0v) is 52.1. The number of phenols is 1. The molecule has 18 N–H and O–H groups in total. The number of carbonyl (C=O) groups is 10. The number of nitrogens with zero attached hydrogens (tertiary/aromatic N) is 3.